The number of ether oxygens (including phenoxy) is 2. The first-order valence-corrected chi connectivity index (χ1v) is 9.40. The Hall–Kier alpha value is -1.85. The van der Waals surface area contributed by atoms with Crippen LogP contribution in [-0.4, -0.2) is 25.9 Å². The lowest BCUT2D eigenvalue weighted by atomic mass is 10.1. The van der Waals surface area contributed by atoms with Gasteiger partial charge in [0.2, 0.25) is 5.91 Å². The van der Waals surface area contributed by atoms with Crippen LogP contribution in [0.5, 0.6) is 11.5 Å². The van der Waals surface area contributed by atoms with Gasteiger partial charge in [-0.25, -0.2) is 0 Å². The molecular formula is C19H22ClNO3S. The SMILES string of the molecule is COc1ccc([C@H](C)NC(=O)CSCc2ccc(Cl)cc2)cc1OC. The van der Waals surface area contributed by atoms with Gasteiger partial charge < -0.3 is 14.8 Å². The minimum atomic E-state index is -0.108. The molecule has 2 aromatic carbocycles. The minimum Gasteiger partial charge on any atom is -0.493 e. The van der Waals surface area contributed by atoms with Gasteiger partial charge in [-0.1, -0.05) is 29.8 Å². The van der Waals surface area contributed by atoms with E-state index in [1.807, 2.05) is 49.4 Å². The molecular weight excluding hydrogens is 358 g/mol. The molecule has 0 radical (unpaired) electrons. The summed E-state index contributed by atoms with van der Waals surface area (Å²) in [6, 6.07) is 13.2. The Balaban J connectivity index is 1.84. The van der Waals surface area contributed by atoms with Crippen molar-refractivity contribution in [2.75, 3.05) is 20.0 Å². The molecule has 0 aromatic heterocycles. The van der Waals surface area contributed by atoms with Crippen LogP contribution in [0.3, 0.4) is 0 Å². The predicted octanol–water partition coefficient (Wildman–Crippen LogP) is 4.47. The maximum atomic E-state index is 12.1. The van der Waals surface area contributed by atoms with Gasteiger partial charge in [0.25, 0.3) is 0 Å². The van der Waals surface area contributed by atoms with E-state index in [-0.39, 0.29) is 11.9 Å². The molecule has 2 aromatic rings. The summed E-state index contributed by atoms with van der Waals surface area (Å²) in [5.41, 5.74) is 2.11. The number of nitrogens with one attached hydrogen (secondary N) is 1. The van der Waals surface area contributed by atoms with E-state index in [1.54, 1.807) is 26.0 Å². The van der Waals surface area contributed by atoms with E-state index >= 15 is 0 Å². The zero-order valence-corrected chi connectivity index (χ0v) is 16.1. The van der Waals surface area contributed by atoms with Gasteiger partial charge in [-0.15, -0.1) is 11.8 Å². The largest absolute Gasteiger partial charge is 0.493 e. The van der Waals surface area contributed by atoms with Crippen LogP contribution in [0, 0.1) is 0 Å². The third-order valence-corrected chi connectivity index (χ3v) is 4.96. The average molecular weight is 380 g/mol. The van der Waals surface area contributed by atoms with E-state index < -0.39 is 0 Å². The molecule has 134 valence electrons. The lowest BCUT2D eigenvalue weighted by Crippen LogP contribution is -2.28. The highest BCUT2D eigenvalue weighted by Gasteiger charge is 2.12. The van der Waals surface area contributed by atoms with Crippen LogP contribution in [0.2, 0.25) is 5.02 Å². The number of benzene rings is 2. The lowest BCUT2D eigenvalue weighted by Gasteiger charge is -2.16. The summed E-state index contributed by atoms with van der Waals surface area (Å²) < 4.78 is 10.5. The van der Waals surface area contributed by atoms with Gasteiger partial charge in [0.1, 0.15) is 0 Å². The maximum absolute atomic E-state index is 12.1. The molecule has 25 heavy (non-hydrogen) atoms. The van der Waals surface area contributed by atoms with Gasteiger partial charge >= 0.3 is 0 Å². The van der Waals surface area contributed by atoms with Crippen LogP contribution in [0.1, 0.15) is 24.1 Å². The fraction of sp³-hybridized carbons (Fsp3) is 0.316. The van der Waals surface area contributed by atoms with Crippen molar-refractivity contribution in [3.8, 4) is 11.5 Å². The molecule has 0 saturated carbocycles. The van der Waals surface area contributed by atoms with Gasteiger partial charge in [-0.2, -0.15) is 0 Å². The Morgan fingerprint density at radius 2 is 1.80 bits per heavy atom. The van der Waals surface area contributed by atoms with Gasteiger partial charge in [-0.05, 0) is 42.3 Å². The van der Waals surface area contributed by atoms with Gasteiger partial charge in [-0.3, -0.25) is 4.79 Å². The number of methoxy groups -OCH3 is 2. The third-order valence-electron chi connectivity index (χ3n) is 3.70. The maximum Gasteiger partial charge on any atom is 0.230 e. The van der Waals surface area contributed by atoms with E-state index in [1.165, 1.54) is 0 Å². The van der Waals surface area contributed by atoms with Crippen LogP contribution >= 0.6 is 23.4 Å². The second-order valence-corrected chi connectivity index (χ2v) is 6.94. The molecule has 0 aliphatic rings. The van der Waals surface area contributed by atoms with E-state index in [0.29, 0.717) is 17.3 Å². The van der Waals surface area contributed by atoms with E-state index in [0.717, 1.165) is 21.9 Å². The topological polar surface area (TPSA) is 47.6 Å². The van der Waals surface area contributed by atoms with Gasteiger partial charge in [0, 0.05) is 10.8 Å². The Morgan fingerprint density at radius 1 is 1.12 bits per heavy atom. The van der Waals surface area contributed by atoms with Gasteiger partial charge in [0.05, 0.1) is 26.0 Å². The standard InChI is InChI=1S/C19H22ClNO3S/c1-13(15-6-9-17(23-2)18(10-15)24-3)21-19(22)12-25-11-14-4-7-16(20)8-5-14/h4-10,13H,11-12H2,1-3H3,(H,21,22)/t13-/m0/s1. The zero-order chi connectivity index (χ0) is 18.2. The fourth-order valence-corrected chi connectivity index (χ4v) is 3.26. The molecule has 0 aliphatic heterocycles. The number of rotatable bonds is 8. The number of amides is 1. The van der Waals surface area contributed by atoms with E-state index in [2.05, 4.69) is 5.32 Å². The molecule has 0 heterocycles. The Morgan fingerprint density at radius 3 is 2.44 bits per heavy atom. The highest BCUT2D eigenvalue weighted by Crippen LogP contribution is 2.29. The summed E-state index contributed by atoms with van der Waals surface area (Å²) >= 11 is 7.44. The Kier molecular flexibility index (Phi) is 7.47. The Bertz CT molecular complexity index is 706. The Labute approximate surface area is 157 Å². The molecule has 0 unspecified atom stereocenters. The number of carbonyl (C=O) groups excluding carboxylic acids is 1. The minimum absolute atomic E-state index is 0.00116. The molecule has 6 heteroatoms. The molecule has 1 N–H and O–H groups in total. The summed E-state index contributed by atoms with van der Waals surface area (Å²) in [4.78, 5) is 12.1. The van der Waals surface area contributed by atoms with Crippen molar-refractivity contribution in [2.45, 2.75) is 18.7 Å². The van der Waals surface area contributed by atoms with Crippen molar-refractivity contribution in [1.29, 1.82) is 0 Å². The molecule has 0 bridgehead atoms. The third kappa shape index (κ3) is 5.87. The monoisotopic (exact) mass is 379 g/mol. The number of carbonyl (C=O) groups is 1. The van der Waals surface area contributed by atoms with Crippen molar-refractivity contribution < 1.29 is 14.3 Å². The molecule has 4 nitrogen and oxygen atoms in total. The zero-order valence-electron chi connectivity index (χ0n) is 14.5. The van der Waals surface area contributed by atoms with Gasteiger partial charge in [0.15, 0.2) is 11.5 Å². The molecule has 0 aliphatic carbocycles. The highest BCUT2D eigenvalue weighted by molar-refractivity contribution is 7.99. The summed E-state index contributed by atoms with van der Waals surface area (Å²) in [6.07, 6.45) is 0. The van der Waals surface area contributed by atoms with Crippen LogP contribution < -0.4 is 14.8 Å². The van der Waals surface area contributed by atoms with Crippen molar-refractivity contribution in [1.82, 2.24) is 5.32 Å². The molecule has 2 rings (SSSR count). The first kappa shape index (κ1) is 19.5. The number of hydrogen-bond acceptors (Lipinski definition) is 4. The van der Waals surface area contributed by atoms with E-state index in [9.17, 15) is 4.79 Å². The van der Waals surface area contributed by atoms with E-state index in [4.69, 9.17) is 21.1 Å². The molecule has 0 saturated heterocycles. The summed E-state index contributed by atoms with van der Waals surface area (Å²) in [5.74, 6) is 2.50. The summed E-state index contributed by atoms with van der Waals surface area (Å²) in [5, 5.41) is 3.72. The fourth-order valence-electron chi connectivity index (χ4n) is 2.33. The first-order valence-electron chi connectivity index (χ1n) is 7.87. The predicted molar refractivity (Wildman–Crippen MR) is 104 cm³/mol. The second-order valence-electron chi connectivity index (χ2n) is 5.52. The smallest absolute Gasteiger partial charge is 0.230 e. The molecule has 1 atom stereocenters. The van der Waals surface area contributed by atoms with Crippen molar-refractivity contribution >= 4 is 29.3 Å². The van der Waals surface area contributed by atoms with Crippen molar-refractivity contribution in [2.24, 2.45) is 0 Å². The first-order chi connectivity index (χ1) is 12.0. The number of halogens is 1. The number of hydrogen-bond donors (Lipinski definition) is 1. The van der Waals surface area contributed by atoms with Crippen LogP contribution in [-0.2, 0) is 10.5 Å². The van der Waals surface area contributed by atoms with Crippen LogP contribution in [0.15, 0.2) is 42.5 Å². The van der Waals surface area contributed by atoms with Crippen LogP contribution in [0.25, 0.3) is 0 Å². The number of thioether (sulfide) groups is 1. The highest BCUT2D eigenvalue weighted by atomic mass is 35.5. The lowest BCUT2D eigenvalue weighted by molar-refractivity contribution is -0.119. The summed E-state index contributed by atoms with van der Waals surface area (Å²) in [7, 11) is 3.19. The second kappa shape index (κ2) is 9.59. The molecule has 0 fully saturated rings. The summed E-state index contributed by atoms with van der Waals surface area (Å²) in [6.45, 7) is 1.95. The normalized spacial score (nSPS) is 11.7. The van der Waals surface area contributed by atoms with Crippen LogP contribution in [0.4, 0.5) is 0 Å². The van der Waals surface area contributed by atoms with Crippen molar-refractivity contribution in [3.63, 3.8) is 0 Å². The molecule has 0 spiro atoms. The quantitative estimate of drug-likeness (QED) is 0.735. The average Bonchev–Trinajstić information content (AvgIpc) is 2.62. The van der Waals surface area contributed by atoms with Crippen molar-refractivity contribution in [3.05, 3.63) is 58.6 Å². The molecule has 1 amide bonds.